The summed E-state index contributed by atoms with van der Waals surface area (Å²) in [5.74, 6) is -1.54. The third-order valence-corrected chi connectivity index (χ3v) is 7.22. The van der Waals surface area contributed by atoms with Crippen LogP contribution < -0.4 is 5.32 Å². The number of rotatable bonds is 7. The Labute approximate surface area is 190 Å². The lowest BCUT2D eigenvalue weighted by Crippen LogP contribution is -2.31. The minimum Gasteiger partial charge on any atom is -0.322 e. The molecule has 5 nitrogen and oxygen atoms in total. The monoisotopic (exact) mass is 480 g/mol. The second kappa shape index (κ2) is 9.78. The van der Waals surface area contributed by atoms with E-state index in [1.807, 2.05) is 6.07 Å². The summed E-state index contributed by atoms with van der Waals surface area (Å²) >= 11 is 11.8. The van der Waals surface area contributed by atoms with Crippen LogP contribution in [0, 0.1) is 5.82 Å². The fourth-order valence-electron chi connectivity index (χ4n) is 2.91. The lowest BCUT2D eigenvalue weighted by atomic mass is 10.2. The molecule has 162 valence electrons. The highest BCUT2D eigenvalue weighted by atomic mass is 35.5. The van der Waals surface area contributed by atoms with Gasteiger partial charge in [0, 0.05) is 24.3 Å². The van der Waals surface area contributed by atoms with Crippen LogP contribution in [-0.4, -0.2) is 25.2 Å². The van der Waals surface area contributed by atoms with Gasteiger partial charge >= 0.3 is 0 Å². The van der Waals surface area contributed by atoms with Gasteiger partial charge in [0.25, 0.3) is 5.91 Å². The van der Waals surface area contributed by atoms with E-state index in [0.29, 0.717) is 10.7 Å². The van der Waals surface area contributed by atoms with Crippen LogP contribution in [0.2, 0.25) is 10.0 Å². The fourth-order valence-corrected chi connectivity index (χ4v) is 4.74. The van der Waals surface area contributed by atoms with Gasteiger partial charge in [0.1, 0.15) is 10.7 Å². The largest absolute Gasteiger partial charge is 0.322 e. The number of carbonyl (C=O) groups excluding carboxylic acids is 1. The highest BCUT2D eigenvalue weighted by Gasteiger charge is 2.27. The van der Waals surface area contributed by atoms with Crippen LogP contribution in [0.1, 0.15) is 22.8 Å². The standard InChI is InChI=1S/C22H19Cl2FN2O3S/c1-2-27(14-15-6-4-3-5-7-15)31(29,30)21-12-16(8-11-20(21)25)22(28)26-17-9-10-18(23)19(24)13-17/h3-13H,2,14H2,1H3,(H,26,28). The summed E-state index contributed by atoms with van der Waals surface area (Å²) in [5.41, 5.74) is 1.12. The zero-order valence-corrected chi connectivity index (χ0v) is 18.8. The molecule has 9 heteroatoms. The van der Waals surface area contributed by atoms with Crippen LogP contribution in [0.5, 0.6) is 0 Å². The Bertz CT molecular complexity index is 1200. The van der Waals surface area contributed by atoms with Gasteiger partial charge in [-0.3, -0.25) is 4.79 Å². The molecule has 0 aliphatic rings. The third kappa shape index (κ3) is 5.43. The van der Waals surface area contributed by atoms with Crippen molar-refractivity contribution in [2.75, 3.05) is 11.9 Å². The van der Waals surface area contributed by atoms with Gasteiger partial charge in [0.15, 0.2) is 0 Å². The predicted octanol–water partition coefficient (Wildman–Crippen LogP) is 5.60. The average molecular weight is 481 g/mol. The Balaban J connectivity index is 1.89. The molecule has 3 aromatic carbocycles. The number of benzene rings is 3. The number of nitrogens with one attached hydrogen (secondary N) is 1. The van der Waals surface area contributed by atoms with Crippen molar-refractivity contribution in [3.63, 3.8) is 0 Å². The Morgan fingerprint density at radius 1 is 1.00 bits per heavy atom. The number of halogens is 3. The first-order valence-corrected chi connectivity index (χ1v) is 11.5. The quantitative estimate of drug-likeness (QED) is 0.478. The Morgan fingerprint density at radius 3 is 2.35 bits per heavy atom. The van der Waals surface area contributed by atoms with Crippen molar-refractivity contribution in [3.8, 4) is 0 Å². The molecule has 0 saturated carbocycles. The van der Waals surface area contributed by atoms with Crippen LogP contribution in [0.3, 0.4) is 0 Å². The van der Waals surface area contributed by atoms with Gasteiger partial charge in [-0.1, -0.05) is 60.5 Å². The zero-order valence-electron chi connectivity index (χ0n) is 16.5. The molecule has 1 amide bonds. The van der Waals surface area contributed by atoms with Crippen molar-refractivity contribution < 1.29 is 17.6 Å². The maximum atomic E-state index is 14.5. The van der Waals surface area contributed by atoms with Crippen molar-refractivity contribution in [3.05, 3.63) is 93.7 Å². The normalized spacial score (nSPS) is 11.5. The van der Waals surface area contributed by atoms with Gasteiger partial charge in [0.2, 0.25) is 10.0 Å². The van der Waals surface area contributed by atoms with Gasteiger partial charge in [-0.2, -0.15) is 4.31 Å². The molecule has 0 bridgehead atoms. The molecule has 0 aromatic heterocycles. The molecular formula is C22H19Cl2FN2O3S. The first-order valence-electron chi connectivity index (χ1n) is 9.32. The molecular weight excluding hydrogens is 462 g/mol. The summed E-state index contributed by atoms with van der Waals surface area (Å²) in [6.45, 7) is 1.88. The average Bonchev–Trinajstić information content (AvgIpc) is 2.75. The van der Waals surface area contributed by atoms with Gasteiger partial charge in [-0.15, -0.1) is 0 Å². The van der Waals surface area contributed by atoms with E-state index in [-0.39, 0.29) is 23.7 Å². The van der Waals surface area contributed by atoms with Gasteiger partial charge in [-0.05, 0) is 42.0 Å². The molecule has 0 heterocycles. The smallest absolute Gasteiger partial charge is 0.255 e. The van der Waals surface area contributed by atoms with Crippen molar-refractivity contribution in [2.45, 2.75) is 18.4 Å². The van der Waals surface area contributed by atoms with Crippen molar-refractivity contribution in [2.24, 2.45) is 0 Å². The molecule has 0 unspecified atom stereocenters. The Morgan fingerprint density at radius 2 is 1.71 bits per heavy atom. The van der Waals surface area contributed by atoms with Crippen LogP contribution >= 0.6 is 23.2 Å². The molecule has 0 aliphatic heterocycles. The number of hydrogen-bond donors (Lipinski definition) is 1. The van der Waals surface area contributed by atoms with E-state index in [4.69, 9.17) is 23.2 Å². The maximum Gasteiger partial charge on any atom is 0.255 e. The minimum atomic E-state index is -4.18. The van der Waals surface area contributed by atoms with E-state index in [1.54, 1.807) is 37.3 Å². The molecule has 0 saturated heterocycles. The summed E-state index contributed by atoms with van der Waals surface area (Å²) in [4.78, 5) is 12.1. The predicted molar refractivity (Wildman–Crippen MR) is 121 cm³/mol. The molecule has 0 atom stereocenters. The second-order valence-electron chi connectivity index (χ2n) is 6.65. The Hall–Kier alpha value is -2.45. The van der Waals surface area contributed by atoms with Crippen molar-refractivity contribution in [1.29, 1.82) is 0 Å². The summed E-state index contributed by atoms with van der Waals surface area (Å²) in [6, 6.07) is 16.7. The second-order valence-corrected chi connectivity index (χ2v) is 9.37. The lowest BCUT2D eigenvalue weighted by Gasteiger charge is -2.21. The fraction of sp³-hybridized carbons (Fsp3) is 0.136. The van der Waals surface area contributed by atoms with E-state index in [2.05, 4.69) is 5.32 Å². The summed E-state index contributed by atoms with van der Waals surface area (Å²) in [7, 11) is -4.18. The number of amides is 1. The molecule has 3 aromatic rings. The van der Waals surface area contributed by atoms with E-state index in [9.17, 15) is 17.6 Å². The van der Waals surface area contributed by atoms with Crippen LogP contribution in [-0.2, 0) is 16.6 Å². The van der Waals surface area contributed by atoms with Gasteiger partial charge < -0.3 is 5.32 Å². The molecule has 3 rings (SSSR count). The molecule has 1 N–H and O–H groups in total. The lowest BCUT2D eigenvalue weighted by molar-refractivity contribution is 0.102. The maximum absolute atomic E-state index is 14.5. The Kier molecular flexibility index (Phi) is 7.33. The van der Waals surface area contributed by atoms with E-state index in [1.165, 1.54) is 18.2 Å². The summed E-state index contributed by atoms with van der Waals surface area (Å²) in [5, 5.41) is 3.17. The summed E-state index contributed by atoms with van der Waals surface area (Å²) in [6.07, 6.45) is 0. The first-order chi connectivity index (χ1) is 14.7. The van der Waals surface area contributed by atoms with Gasteiger partial charge in [-0.25, -0.2) is 12.8 Å². The minimum absolute atomic E-state index is 0.0122. The highest BCUT2D eigenvalue weighted by molar-refractivity contribution is 7.89. The first kappa shape index (κ1) is 23.2. The highest BCUT2D eigenvalue weighted by Crippen LogP contribution is 2.26. The van der Waals surface area contributed by atoms with Crippen molar-refractivity contribution in [1.82, 2.24) is 4.31 Å². The molecule has 31 heavy (non-hydrogen) atoms. The van der Waals surface area contributed by atoms with Crippen LogP contribution in [0.25, 0.3) is 0 Å². The summed E-state index contributed by atoms with van der Waals surface area (Å²) < 4.78 is 41.9. The third-order valence-electron chi connectivity index (χ3n) is 4.54. The van der Waals surface area contributed by atoms with E-state index >= 15 is 0 Å². The van der Waals surface area contributed by atoms with E-state index < -0.39 is 26.6 Å². The topological polar surface area (TPSA) is 66.5 Å². The number of carbonyl (C=O) groups is 1. The molecule has 0 radical (unpaired) electrons. The molecule has 0 aliphatic carbocycles. The van der Waals surface area contributed by atoms with Crippen molar-refractivity contribution >= 4 is 44.8 Å². The van der Waals surface area contributed by atoms with Crippen LogP contribution in [0.4, 0.5) is 10.1 Å². The van der Waals surface area contributed by atoms with Gasteiger partial charge in [0.05, 0.1) is 10.0 Å². The number of sulfonamides is 1. The molecule has 0 fully saturated rings. The van der Waals surface area contributed by atoms with E-state index in [0.717, 1.165) is 22.0 Å². The van der Waals surface area contributed by atoms with Crippen LogP contribution in [0.15, 0.2) is 71.6 Å². The number of hydrogen-bond acceptors (Lipinski definition) is 3. The zero-order chi connectivity index (χ0) is 22.6. The number of anilines is 1. The SMILES string of the molecule is CCN(Cc1ccccc1)S(=O)(=O)c1cc(C(=O)Nc2ccc(Cl)c(Cl)c2)ccc1F. The molecule has 0 spiro atoms. The number of nitrogens with zero attached hydrogens (tertiary/aromatic N) is 1.